The predicted molar refractivity (Wildman–Crippen MR) is 143 cm³/mol. The topological polar surface area (TPSA) is 62.2 Å². The van der Waals surface area contributed by atoms with Crippen LogP contribution in [0.25, 0.3) is 0 Å². The van der Waals surface area contributed by atoms with Crippen molar-refractivity contribution in [1.29, 1.82) is 0 Å². The second kappa shape index (κ2) is 16.6. The Morgan fingerprint density at radius 2 is 1.51 bits per heavy atom. The number of rotatable bonds is 17. The number of hydrogen-bond acceptors (Lipinski definition) is 6. The van der Waals surface area contributed by atoms with Gasteiger partial charge in [0.15, 0.2) is 0 Å². The molecule has 0 aliphatic rings. The quantitative estimate of drug-likeness (QED) is 0.103. The minimum Gasteiger partial charge on any atom is -0.493 e. The van der Waals surface area contributed by atoms with Crippen LogP contribution in [0.15, 0.2) is 47.8 Å². The average molecular weight is 483 g/mol. The summed E-state index contributed by atoms with van der Waals surface area (Å²) in [7, 11) is 1.54. The minimum absolute atomic E-state index is 0.596. The number of ether oxygens (including phenoxy) is 3. The summed E-state index contributed by atoms with van der Waals surface area (Å²) >= 11 is 0. The van der Waals surface area contributed by atoms with E-state index in [0.717, 1.165) is 53.3 Å². The van der Waals surface area contributed by atoms with Crippen molar-refractivity contribution in [2.75, 3.05) is 26.9 Å². The fraction of sp³-hybridized carbons (Fsp3) is 0.517. The maximum absolute atomic E-state index is 6.08. The van der Waals surface area contributed by atoms with E-state index in [-0.39, 0.29) is 0 Å². The summed E-state index contributed by atoms with van der Waals surface area (Å²) < 4.78 is 17.6. The predicted octanol–water partition coefficient (Wildman–Crippen LogP) is 7.21. The van der Waals surface area contributed by atoms with Gasteiger partial charge in [0, 0.05) is 17.8 Å². The second-order valence-corrected chi connectivity index (χ2v) is 8.68. The molecule has 35 heavy (non-hydrogen) atoms. The smallest absolute Gasteiger partial charge is 0.213 e. The molecule has 0 amide bonds. The lowest BCUT2D eigenvalue weighted by molar-refractivity contribution is 0.213. The SMILES string of the molecule is C/C=C/COc1cc(C)c(OCCCCCCCCCOc2ccc(/C(C)=N\OC)cn2)c(C)c1. The van der Waals surface area contributed by atoms with Gasteiger partial charge in [-0.1, -0.05) is 49.4 Å². The van der Waals surface area contributed by atoms with Crippen LogP contribution in [0.3, 0.4) is 0 Å². The highest BCUT2D eigenvalue weighted by Gasteiger charge is 2.07. The van der Waals surface area contributed by atoms with Gasteiger partial charge in [-0.25, -0.2) is 4.98 Å². The van der Waals surface area contributed by atoms with Gasteiger partial charge in [-0.3, -0.25) is 0 Å². The number of allylic oxidation sites excluding steroid dienone is 1. The molecule has 0 unspecified atom stereocenters. The van der Waals surface area contributed by atoms with Crippen LogP contribution in [0.5, 0.6) is 17.4 Å². The van der Waals surface area contributed by atoms with E-state index in [9.17, 15) is 0 Å². The zero-order valence-electron chi connectivity index (χ0n) is 22.1. The molecule has 0 saturated carbocycles. The van der Waals surface area contributed by atoms with E-state index >= 15 is 0 Å². The first kappa shape index (κ1) is 28.2. The number of unbranched alkanes of at least 4 members (excludes halogenated alkanes) is 6. The van der Waals surface area contributed by atoms with Gasteiger partial charge in [0.25, 0.3) is 0 Å². The van der Waals surface area contributed by atoms with Crippen LogP contribution >= 0.6 is 0 Å². The molecule has 0 aliphatic heterocycles. The van der Waals surface area contributed by atoms with Crippen LogP contribution in [-0.4, -0.2) is 37.6 Å². The molecule has 6 nitrogen and oxygen atoms in total. The van der Waals surface area contributed by atoms with Gasteiger partial charge in [0.1, 0.15) is 25.2 Å². The molecule has 0 saturated heterocycles. The Morgan fingerprint density at radius 1 is 0.886 bits per heavy atom. The highest BCUT2D eigenvalue weighted by Crippen LogP contribution is 2.28. The van der Waals surface area contributed by atoms with Gasteiger partial charge in [-0.05, 0) is 69.9 Å². The van der Waals surface area contributed by atoms with Gasteiger partial charge in [-0.15, -0.1) is 0 Å². The number of aromatic nitrogens is 1. The molecule has 2 rings (SSSR count). The average Bonchev–Trinajstić information content (AvgIpc) is 2.84. The monoisotopic (exact) mass is 482 g/mol. The van der Waals surface area contributed by atoms with Crippen LogP contribution in [0, 0.1) is 13.8 Å². The molecule has 0 atom stereocenters. The number of nitrogens with zero attached hydrogens (tertiary/aromatic N) is 2. The van der Waals surface area contributed by atoms with Crippen LogP contribution in [0.4, 0.5) is 0 Å². The summed E-state index contributed by atoms with van der Waals surface area (Å²) in [4.78, 5) is 9.12. The largest absolute Gasteiger partial charge is 0.493 e. The highest BCUT2D eigenvalue weighted by molar-refractivity contribution is 5.98. The Kier molecular flexibility index (Phi) is 13.4. The lowest BCUT2D eigenvalue weighted by Gasteiger charge is -2.14. The molecule has 1 heterocycles. The lowest BCUT2D eigenvalue weighted by Crippen LogP contribution is -2.02. The Balaban J connectivity index is 1.51. The molecule has 0 radical (unpaired) electrons. The van der Waals surface area contributed by atoms with Crippen molar-refractivity contribution in [1.82, 2.24) is 4.98 Å². The van der Waals surface area contributed by atoms with E-state index < -0.39 is 0 Å². The number of aryl methyl sites for hydroxylation is 2. The first-order valence-corrected chi connectivity index (χ1v) is 12.7. The number of pyridine rings is 1. The van der Waals surface area contributed by atoms with Gasteiger partial charge in [0.2, 0.25) is 5.88 Å². The summed E-state index contributed by atoms with van der Waals surface area (Å²) in [6.45, 7) is 10.1. The standard InChI is InChI=1S/C29H42N2O4/c1-6-7-17-33-27-20-23(2)29(24(3)21-27)35-19-14-12-10-8-9-11-13-18-34-28-16-15-26(22-30-28)25(4)31-32-5/h6-7,15-16,20-22H,8-14,17-19H2,1-5H3/b7-6+,31-25-. The molecule has 0 bridgehead atoms. The molecule has 1 aromatic carbocycles. The number of hydrogen-bond donors (Lipinski definition) is 0. The molecule has 0 fully saturated rings. The van der Waals surface area contributed by atoms with Crippen molar-refractivity contribution < 1.29 is 19.0 Å². The summed E-state index contributed by atoms with van der Waals surface area (Å²) in [5.41, 5.74) is 3.98. The third kappa shape index (κ3) is 10.8. The molecule has 0 aliphatic carbocycles. The number of benzene rings is 1. The lowest BCUT2D eigenvalue weighted by atomic mass is 10.1. The van der Waals surface area contributed by atoms with E-state index in [1.165, 1.54) is 39.2 Å². The summed E-state index contributed by atoms with van der Waals surface area (Å²) in [6.07, 6.45) is 14.0. The summed E-state index contributed by atoms with van der Waals surface area (Å²) in [6, 6.07) is 7.93. The molecule has 0 N–H and O–H groups in total. The third-order valence-corrected chi connectivity index (χ3v) is 5.68. The van der Waals surface area contributed by atoms with Crippen LogP contribution in [0.1, 0.15) is 75.5 Å². The van der Waals surface area contributed by atoms with Crippen molar-refractivity contribution in [3.63, 3.8) is 0 Å². The molecule has 6 heteroatoms. The normalized spacial score (nSPS) is 11.6. The van der Waals surface area contributed by atoms with Gasteiger partial charge >= 0.3 is 0 Å². The third-order valence-electron chi connectivity index (χ3n) is 5.68. The second-order valence-electron chi connectivity index (χ2n) is 8.68. The zero-order chi connectivity index (χ0) is 25.3. The fourth-order valence-corrected chi connectivity index (χ4v) is 3.77. The first-order valence-electron chi connectivity index (χ1n) is 12.7. The molecular formula is C29H42N2O4. The van der Waals surface area contributed by atoms with Gasteiger partial charge in [0.05, 0.1) is 18.9 Å². The van der Waals surface area contributed by atoms with E-state index in [1.807, 2.05) is 38.1 Å². The molecule has 0 spiro atoms. The van der Waals surface area contributed by atoms with Crippen molar-refractivity contribution >= 4 is 5.71 Å². The Morgan fingerprint density at radius 3 is 2.09 bits per heavy atom. The Bertz CT molecular complexity index is 900. The maximum Gasteiger partial charge on any atom is 0.213 e. The Hall–Kier alpha value is -3.02. The van der Waals surface area contributed by atoms with Crippen molar-refractivity contribution in [2.45, 2.75) is 72.6 Å². The van der Waals surface area contributed by atoms with E-state index in [2.05, 4.69) is 36.1 Å². The zero-order valence-corrected chi connectivity index (χ0v) is 22.1. The fourth-order valence-electron chi connectivity index (χ4n) is 3.77. The van der Waals surface area contributed by atoms with Crippen LogP contribution < -0.4 is 14.2 Å². The molecule has 1 aromatic heterocycles. The first-order chi connectivity index (χ1) is 17.0. The van der Waals surface area contributed by atoms with E-state index in [4.69, 9.17) is 19.0 Å². The minimum atomic E-state index is 0.596. The maximum atomic E-state index is 6.08. The van der Waals surface area contributed by atoms with Crippen molar-refractivity contribution in [2.24, 2.45) is 5.16 Å². The molecular weight excluding hydrogens is 440 g/mol. The van der Waals surface area contributed by atoms with Crippen LogP contribution in [-0.2, 0) is 4.84 Å². The molecule has 192 valence electrons. The van der Waals surface area contributed by atoms with E-state index in [0.29, 0.717) is 19.1 Å². The highest BCUT2D eigenvalue weighted by atomic mass is 16.6. The summed E-state index contributed by atoms with van der Waals surface area (Å²) in [5, 5.41) is 3.91. The van der Waals surface area contributed by atoms with Gasteiger partial charge < -0.3 is 19.0 Å². The van der Waals surface area contributed by atoms with Crippen LogP contribution in [0.2, 0.25) is 0 Å². The van der Waals surface area contributed by atoms with Crippen molar-refractivity contribution in [3.8, 4) is 17.4 Å². The van der Waals surface area contributed by atoms with E-state index in [1.54, 1.807) is 6.20 Å². The molecule has 2 aromatic rings. The van der Waals surface area contributed by atoms with Gasteiger partial charge in [-0.2, -0.15) is 0 Å². The van der Waals surface area contributed by atoms with Crippen molar-refractivity contribution in [3.05, 3.63) is 59.3 Å². The Labute approximate surface area is 211 Å². The summed E-state index contributed by atoms with van der Waals surface area (Å²) in [5.74, 6) is 2.54. The number of oxime groups is 1.